The Bertz CT molecular complexity index is 244. The SMILES string of the molecule is CC(/C=C/C(Cl)C(C)(Cl)CCl)=C\C=O. The predicted molar refractivity (Wildman–Crippen MR) is 63.6 cm³/mol. The van der Waals surface area contributed by atoms with Gasteiger partial charge in [0.15, 0.2) is 0 Å². The third-order valence-corrected chi connectivity index (χ3v) is 3.49. The molecule has 80 valence electrons. The summed E-state index contributed by atoms with van der Waals surface area (Å²) >= 11 is 17.7. The second-order valence-electron chi connectivity index (χ2n) is 3.22. The van der Waals surface area contributed by atoms with E-state index in [-0.39, 0.29) is 11.3 Å². The van der Waals surface area contributed by atoms with Crippen molar-refractivity contribution in [3.63, 3.8) is 0 Å². The summed E-state index contributed by atoms with van der Waals surface area (Å²) in [5, 5.41) is -0.364. The fourth-order valence-electron chi connectivity index (χ4n) is 0.673. The van der Waals surface area contributed by atoms with Crippen LogP contribution >= 0.6 is 34.8 Å². The molecule has 1 nitrogen and oxygen atoms in total. The third kappa shape index (κ3) is 5.04. The van der Waals surface area contributed by atoms with E-state index in [9.17, 15) is 4.79 Å². The molecular weight excluding hydrogens is 242 g/mol. The lowest BCUT2D eigenvalue weighted by Gasteiger charge is -2.22. The minimum absolute atomic E-state index is 0.267. The van der Waals surface area contributed by atoms with Crippen LogP contribution in [0.15, 0.2) is 23.8 Å². The molecule has 0 aliphatic carbocycles. The lowest BCUT2D eigenvalue weighted by molar-refractivity contribution is -0.104. The van der Waals surface area contributed by atoms with Crippen molar-refractivity contribution in [3.05, 3.63) is 23.8 Å². The molecule has 0 saturated carbocycles. The number of carbonyl (C=O) groups is 1. The molecule has 14 heavy (non-hydrogen) atoms. The summed E-state index contributed by atoms with van der Waals surface area (Å²) in [6, 6.07) is 0. The normalized spacial score (nSPS) is 19.4. The van der Waals surface area contributed by atoms with Gasteiger partial charge in [-0.2, -0.15) is 0 Å². The van der Waals surface area contributed by atoms with E-state index >= 15 is 0 Å². The first-order valence-corrected chi connectivity index (χ1v) is 5.48. The first-order chi connectivity index (χ1) is 6.44. The molecule has 0 aliphatic heterocycles. The zero-order chi connectivity index (χ0) is 11.2. The van der Waals surface area contributed by atoms with Crippen molar-refractivity contribution in [2.24, 2.45) is 0 Å². The molecule has 0 aromatic carbocycles. The van der Waals surface area contributed by atoms with Crippen LogP contribution in [0.1, 0.15) is 13.8 Å². The molecule has 0 saturated heterocycles. The third-order valence-electron chi connectivity index (χ3n) is 1.70. The molecule has 2 unspecified atom stereocenters. The maximum absolute atomic E-state index is 10.1. The zero-order valence-corrected chi connectivity index (χ0v) is 10.4. The van der Waals surface area contributed by atoms with Gasteiger partial charge in [-0.1, -0.05) is 12.2 Å². The first-order valence-electron chi connectivity index (χ1n) is 4.13. The number of aldehydes is 1. The molecule has 0 aromatic rings. The number of hydrogen-bond donors (Lipinski definition) is 0. The Morgan fingerprint density at radius 1 is 1.57 bits per heavy atom. The van der Waals surface area contributed by atoms with Gasteiger partial charge in [0.05, 0.1) is 10.3 Å². The number of halogens is 3. The fraction of sp³-hybridized carbons (Fsp3) is 0.500. The van der Waals surface area contributed by atoms with Crippen molar-refractivity contribution in [3.8, 4) is 0 Å². The average molecular weight is 256 g/mol. The molecule has 0 spiro atoms. The standard InChI is InChI=1S/C10H13Cl3O/c1-8(5-6-14)3-4-9(12)10(2,13)7-11/h3-6,9H,7H2,1-2H3/b4-3+,8-5+. The summed E-state index contributed by atoms with van der Waals surface area (Å²) in [6.45, 7) is 3.57. The number of rotatable bonds is 5. The van der Waals surface area contributed by atoms with E-state index in [0.717, 1.165) is 11.9 Å². The summed E-state index contributed by atoms with van der Waals surface area (Å²) in [7, 11) is 0. The summed E-state index contributed by atoms with van der Waals surface area (Å²) in [5.41, 5.74) is 0.827. The molecule has 0 bridgehead atoms. The Morgan fingerprint density at radius 3 is 2.57 bits per heavy atom. The van der Waals surface area contributed by atoms with Gasteiger partial charge in [0.25, 0.3) is 0 Å². The van der Waals surface area contributed by atoms with Crippen LogP contribution in [-0.2, 0) is 4.79 Å². The maximum Gasteiger partial charge on any atom is 0.143 e. The van der Waals surface area contributed by atoms with E-state index in [4.69, 9.17) is 34.8 Å². The Labute approximate surface area is 99.7 Å². The number of allylic oxidation sites excluding steroid dienone is 4. The van der Waals surface area contributed by atoms with E-state index < -0.39 is 4.87 Å². The lowest BCUT2D eigenvalue weighted by Crippen LogP contribution is -2.29. The monoisotopic (exact) mass is 254 g/mol. The smallest absolute Gasteiger partial charge is 0.143 e. The van der Waals surface area contributed by atoms with Crippen molar-refractivity contribution in [2.75, 3.05) is 5.88 Å². The van der Waals surface area contributed by atoms with Gasteiger partial charge in [-0.15, -0.1) is 34.8 Å². The zero-order valence-electron chi connectivity index (χ0n) is 8.14. The van der Waals surface area contributed by atoms with Crippen LogP contribution < -0.4 is 0 Å². The highest BCUT2D eigenvalue weighted by Crippen LogP contribution is 2.26. The van der Waals surface area contributed by atoms with Gasteiger partial charge in [0, 0.05) is 5.88 Å². The van der Waals surface area contributed by atoms with E-state index in [0.29, 0.717) is 0 Å². The van der Waals surface area contributed by atoms with Gasteiger partial charge in [-0.25, -0.2) is 0 Å². The van der Waals surface area contributed by atoms with Crippen LogP contribution in [0.25, 0.3) is 0 Å². The topological polar surface area (TPSA) is 17.1 Å². The van der Waals surface area contributed by atoms with E-state index in [1.807, 2.05) is 0 Å². The van der Waals surface area contributed by atoms with Crippen molar-refractivity contribution < 1.29 is 4.79 Å². The molecule has 0 amide bonds. The number of hydrogen-bond acceptors (Lipinski definition) is 1. The van der Waals surface area contributed by atoms with Gasteiger partial charge in [0.1, 0.15) is 6.29 Å². The summed E-state index contributed by atoms with van der Waals surface area (Å²) in [6.07, 6.45) is 5.66. The molecule has 0 rings (SSSR count). The largest absolute Gasteiger partial charge is 0.299 e. The fourth-order valence-corrected chi connectivity index (χ4v) is 1.14. The molecule has 0 N–H and O–H groups in total. The van der Waals surface area contributed by atoms with Gasteiger partial charge >= 0.3 is 0 Å². The minimum atomic E-state index is -0.666. The van der Waals surface area contributed by atoms with Gasteiger partial charge < -0.3 is 0 Å². The molecule has 0 aromatic heterocycles. The number of carbonyl (C=O) groups excluding carboxylic acids is 1. The van der Waals surface area contributed by atoms with Crippen LogP contribution in [-0.4, -0.2) is 22.4 Å². The summed E-state index contributed by atoms with van der Waals surface area (Å²) in [5.74, 6) is 0.267. The van der Waals surface area contributed by atoms with Gasteiger partial charge in [-0.3, -0.25) is 4.79 Å². The summed E-state index contributed by atoms with van der Waals surface area (Å²) < 4.78 is 0. The Morgan fingerprint density at radius 2 is 2.14 bits per heavy atom. The van der Waals surface area contributed by atoms with Crippen molar-refractivity contribution in [2.45, 2.75) is 24.1 Å². The predicted octanol–water partition coefficient (Wildman–Crippen LogP) is 3.53. The molecule has 0 aliphatic rings. The van der Waals surface area contributed by atoms with Crippen LogP contribution in [0.2, 0.25) is 0 Å². The second-order valence-corrected chi connectivity index (χ2v) is 4.82. The first kappa shape index (κ1) is 14.0. The Kier molecular flexibility index (Phi) is 6.50. The highest BCUT2D eigenvalue weighted by Gasteiger charge is 2.27. The molecular formula is C10H13Cl3O. The van der Waals surface area contributed by atoms with E-state index in [1.54, 1.807) is 26.0 Å². The quantitative estimate of drug-likeness (QED) is 0.318. The van der Waals surface area contributed by atoms with Crippen LogP contribution in [0.4, 0.5) is 0 Å². The van der Waals surface area contributed by atoms with Gasteiger partial charge in [-0.05, 0) is 25.5 Å². The van der Waals surface area contributed by atoms with Crippen molar-refractivity contribution >= 4 is 41.1 Å². The number of alkyl halides is 3. The highest BCUT2D eigenvalue weighted by atomic mass is 35.5. The Balaban J connectivity index is 4.38. The maximum atomic E-state index is 10.1. The van der Waals surface area contributed by atoms with Gasteiger partial charge in [0.2, 0.25) is 0 Å². The second kappa shape index (κ2) is 6.49. The minimum Gasteiger partial charge on any atom is -0.299 e. The van der Waals surface area contributed by atoms with Crippen molar-refractivity contribution in [1.29, 1.82) is 0 Å². The highest BCUT2D eigenvalue weighted by molar-refractivity contribution is 6.36. The van der Waals surface area contributed by atoms with Crippen molar-refractivity contribution in [1.82, 2.24) is 0 Å². The molecule has 0 fully saturated rings. The molecule has 0 heterocycles. The average Bonchev–Trinajstić information content (AvgIpc) is 2.14. The van der Waals surface area contributed by atoms with Crippen LogP contribution in [0.3, 0.4) is 0 Å². The molecule has 4 heteroatoms. The summed E-state index contributed by atoms with van der Waals surface area (Å²) in [4.78, 5) is 9.46. The lowest BCUT2D eigenvalue weighted by atomic mass is 10.1. The van der Waals surface area contributed by atoms with Crippen LogP contribution in [0.5, 0.6) is 0 Å². The van der Waals surface area contributed by atoms with E-state index in [1.165, 1.54) is 6.08 Å². The van der Waals surface area contributed by atoms with E-state index in [2.05, 4.69) is 0 Å². The Hall–Kier alpha value is 0.0200. The van der Waals surface area contributed by atoms with Crippen LogP contribution in [0, 0.1) is 0 Å². The molecule has 2 atom stereocenters. The molecule has 0 radical (unpaired) electrons.